The molecule has 0 spiro atoms. The van der Waals surface area contributed by atoms with Gasteiger partial charge in [0.1, 0.15) is 5.82 Å². The Balaban J connectivity index is 0.00000245. The molecule has 5 rings (SSSR count). The maximum atomic E-state index is 13.3. The van der Waals surface area contributed by atoms with E-state index in [-0.39, 0.29) is 11.5 Å². The summed E-state index contributed by atoms with van der Waals surface area (Å²) in [7, 11) is 0. The second-order valence-electron chi connectivity index (χ2n) is 9.38. The SMILES string of the molecule is CC(C)CC(CN)c1ccc2[nH]c(CN3C(=O)N(C4CC4)Cc4ccccc43)nc2c1.O. The lowest BCUT2D eigenvalue weighted by atomic mass is 9.90. The lowest BCUT2D eigenvalue weighted by molar-refractivity contribution is 0.194. The quantitative estimate of drug-likeness (QED) is 0.586. The number of hydrogen-bond donors (Lipinski definition) is 2. The van der Waals surface area contributed by atoms with Crippen molar-refractivity contribution in [3.63, 3.8) is 0 Å². The molecule has 32 heavy (non-hydrogen) atoms. The molecule has 0 saturated heterocycles. The number of benzene rings is 2. The van der Waals surface area contributed by atoms with Crippen molar-refractivity contribution < 1.29 is 10.3 Å². The summed E-state index contributed by atoms with van der Waals surface area (Å²) in [5, 5.41) is 0. The van der Waals surface area contributed by atoms with Crippen molar-refractivity contribution >= 4 is 22.8 Å². The molecule has 1 saturated carbocycles. The molecule has 1 fully saturated rings. The fourth-order valence-electron chi connectivity index (χ4n) is 4.73. The summed E-state index contributed by atoms with van der Waals surface area (Å²) < 4.78 is 0. The molecule has 7 heteroatoms. The van der Waals surface area contributed by atoms with E-state index in [4.69, 9.17) is 10.7 Å². The maximum Gasteiger partial charge on any atom is 0.325 e. The Morgan fingerprint density at radius 3 is 2.69 bits per heavy atom. The standard InChI is InChI=1S/C25H31N5O.H2O/c1-16(2)11-19(13-26)17-7-10-21-22(12-17)28-24(27-21)15-30-23-6-4-3-5-18(23)14-29(25(30)31)20-8-9-20;/h3-7,10,12,16,19-20H,8-9,11,13-15,26H2,1-2H3,(H,27,28);1H2. The molecular formula is C25H33N5O2. The molecule has 2 aliphatic rings. The van der Waals surface area contributed by atoms with Crippen molar-refractivity contribution in [2.24, 2.45) is 11.7 Å². The van der Waals surface area contributed by atoms with Gasteiger partial charge in [-0.05, 0) is 67.0 Å². The van der Waals surface area contributed by atoms with E-state index in [1.54, 1.807) is 0 Å². The zero-order valence-corrected chi connectivity index (χ0v) is 18.8. The van der Waals surface area contributed by atoms with Gasteiger partial charge >= 0.3 is 6.03 Å². The van der Waals surface area contributed by atoms with Gasteiger partial charge in [-0.2, -0.15) is 0 Å². The number of carbonyl (C=O) groups is 1. The highest BCUT2D eigenvalue weighted by Crippen LogP contribution is 2.36. The van der Waals surface area contributed by atoms with Crippen LogP contribution in [-0.2, 0) is 13.1 Å². The number of amides is 2. The Bertz CT molecular complexity index is 1100. The van der Waals surface area contributed by atoms with E-state index in [0.717, 1.165) is 41.8 Å². The number of imidazole rings is 1. The molecule has 1 unspecified atom stereocenters. The Morgan fingerprint density at radius 1 is 1.19 bits per heavy atom. The minimum Gasteiger partial charge on any atom is -0.412 e. The molecule has 2 heterocycles. The molecule has 2 aromatic carbocycles. The van der Waals surface area contributed by atoms with Crippen molar-refractivity contribution in [1.82, 2.24) is 14.9 Å². The van der Waals surface area contributed by atoms with E-state index in [1.807, 2.05) is 28.0 Å². The number of rotatable bonds is 7. The topological polar surface area (TPSA) is 110 Å². The molecule has 1 aliphatic carbocycles. The van der Waals surface area contributed by atoms with E-state index < -0.39 is 0 Å². The first kappa shape index (κ1) is 22.3. The molecule has 1 aromatic heterocycles. The number of aromatic nitrogens is 2. The van der Waals surface area contributed by atoms with E-state index in [9.17, 15) is 4.79 Å². The monoisotopic (exact) mass is 435 g/mol. The number of carbonyl (C=O) groups excluding carboxylic acids is 1. The first-order chi connectivity index (χ1) is 15.0. The number of H-pyrrole nitrogens is 1. The Morgan fingerprint density at radius 2 is 1.97 bits per heavy atom. The average Bonchev–Trinajstić information content (AvgIpc) is 3.52. The fourth-order valence-corrected chi connectivity index (χ4v) is 4.73. The number of fused-ring (bicyclic) bond motifs is 2. The van der Waals surface area contributed by atoms with Gasteiger partial charge in [0.2, 0.25) is 0 Å². The predicted molar refractivity (Wildman–Crippen MR) is 128 cm³/mol. The number of nitrogens with zero attached hydrogens (tertiary/aromatic N) is 3. The van der Waals surface area contributed by atoms with Crippen LogP contribution in [0.4, 0.5) is 10.5 Å². The summed E-state index contributed by atoms with van der Waals surface area (Å²) >= 11 is 0. The highest BCUT2D eigenvalue weighted by Gasteiger charge is 2.39. The second kappa shape index (κ2) is 8.92. The molecule has 1 aliphatic heterocycles. The lowest BCUT2D eigenvalue weighted by Gasteiger charge is -2.37. The van der Waals surface area contributed by atoms with Crippen molar-refractivity contribution in [3.8, 4) is 0 Å². The highest BCUT2D eigenvalue weighted by molar-refractivity contribution is 5.95. The molecule has 3 aromatic rings. The summed E-state index contributed by atoms with van der Waals surface area (Å²) in [6.07, 6.45) is 3.27. The molecule has 0 radical (unpaired) electrons. The average molecular weight is 436 g/mol. The summed E-state index contributed by atoms with van der Waals surface area (Å²) in [6, 6.07) is 15.1. The number of aromatic amines is 1. The molecule has 1 atom stereocenters. The predicted octanol–water partition coefficient (Wildman–Crippen LogP) is 3.93. The largest absolute Gasteiger partial charge is 0.412 e. The maximum absolute atomic E-state index is 13.3. The van der Waals surface area contributed by atoms with Crippen LogP contribution < -0.4 is 10.6 Å². The van der Waals surface area contributed by atoms with Gasteiger partial charge in [-0.25, -0.2) is 9.78 Å². The Hall–Kier alpha value is -2.90. The van der Waals surface area contributed by atoms with Gasteiger partial charge in [-0.15, -0.1) is 0 Å². The summed E-state index contributed by atoms with van der Waals surface area (Å²) in [5.41, 5.74) is 11.4. The second-order valence-corrected chi connectivity index (χ2v) is 9.38. The van der Waals surface area contributed by atoms with Gasteiger partial charge < -0.3 is 21.1 Å². The lowest BCUT2D eigenvalue weighted by Crippen LogP contribution is -2.47. The number of urea groups is 1. The Labute approximate surface area is 188 Å². The van der Waals surface area contributed by atoms with Crippen LogP contribution in [-0.4, -0.2) is 39.0 Å². The molecule has 5 N–H and O–H groups in total. The normalized spacial score (nSPS) is 16.9. The number of hydrogen-bond acceptors (Lipinski definition) is 3. The fraction of sp³-hybridized carbons (Fsp3) is 0.440. The van der Waals surface area contributed by atoms with Gasteiger partial charge in [-0.3, -0.25) is 4.90 Å². The molecule has 170 valence electrons. The highest BCUT2D eigenvalue weighted by atomic mass is 16.2. The number of anilines is 1. The van der Waals surface area contributed by atoms with E-state index in [0.29, 0.717) is 37.5 Å². The first-order valence-corrected chi connectivity index (χ1v) is 11.4. The van der Waals surface area contributed by atoms with Crippen molar-refractivity contribution in [1.29, 1.82) is 0 Å². The number of nitrogens with one attached hydrogen (secondary N) is 1. The van der Waals surface area contributed by atoms with E-state index in [1.165, 1.54) is 11.1 Å². The summed E-state index contributed by atoms with van der Waals surface area (Å²) in [4.78, 5) is 25.4. The smallest absolute Gasteiger partial charge is 0.325 e. The van der Waals surface area contributed by atoms with Crippen LogP contribution in [0.2, 0.25) is 0 Å². The molecular weight excluding hydrogens is 402 g/mol. The van der Waals surface area contributed by atoms with Crippen molar-refractivity contribution in [3.05, 3.63) is 59.4 Å². The van der Waals surface area contributed by atoms with Crippen molar-refractivity contribution in [2.75, 3.05) is 11.4 Å². The molecule has 7 nitrogen and oxygen atoms in total. The number of nitrogens with two attached hydrogens (primary N) is 1. The minimum absolute atomic E-state index is 0. The van der Waals surface area contributed by atoms with Gasteiger partial charge in [0.05, 0.1) is 23.3 Å². The van der Waals surface area contributed by atoms with Gasteiger partial charge in [0.15, 0.2) is 0 Å². The van der Waals surface area contributed by atoms with Gasteiger partial charge in [0, 0.05) is 12.6 Å². The Kier molecular flexibility index (Phi) is 6.22. The van der Waals surface area contributed by atoms with Crippen LogP contribution in [0.25, 0.3) is 11.0 Å². The molecule has 2 amide bonds. The van der Waals surface area contributed by atoms with Crippen LogP contribution in [0.15, 0.2) is 42.5 Å². The van der Waals surface area contributed by atoms with Crippen LogP contribution in [0.5, 0.6) is 0 Å². The van der Waals surface area contributed by atoms with E-state index >= 15 is 0 Å². The van der Waals surface area contributed by atoms with Crippen LogP contribution in [0.1, 0.15) is 56.0 Å². The van der Waals surface area contributed by atoms with Crippen molar-refractivity contribution in [2.45, 2.75) is 58.2 Å². The van der Waals surface area contributed by atoms with Crippen LogP contribution in [0.3, 0.4) is 0 Å². The molecule has 0 bridgehead atoms. The zero-order chi connectivity index (χ0) is 21.5. The third kappa shape index (κ3) is 4.23. The first-order valence-electron chi connectivity index (χ1n) is 11.4. The third-order valence-electron chi connectivity index (χ3n) is 6.46. The van der Waals surface area contributed by atoms with Crippen LogP contribution >= 0.6 is 0 Å². The van der Waals surface area contributed by atoms with Gasteiger partial charge in [-0.1, -0.05) is 38.1 Å². The summed E-state index contributed by atoms with van der Waals surface area (Å²) in [6.45, 7) is 6.24. The van der Waals surface area contributed by atoms with Gasteiger partial charge in [0.25, 0.3) is 0 Å². The third-order valence-corrected chi connectivity index (χ3v) is 6.46. The zero-order valence-electron chi connectivity index (χ0n) is 18.8. The van der Waals surface area contributed by atoms with E-state index in [2.05, 4.69) is 43.1 Å². The van der Waals surface area contributed by atoms with Crippen LogP contribution in [0, 0.1) is 5.92 Å². The minimum atomic E-state index is 0. The summed E-state index contributed by atoms with van der Waals surface area (Å²) in [5.74, 6) is 1.74. The number of para-hydroxylation sites is 1.